The molecule has 1 atom stereocenters. The van der Waals surface area contributed by atoms with Crippen LogP contribution in [0.1, 0.15) is 19.9 Å². The highest BCUT2D eigenvalue weighted by Crippen LogP contribution is 2.10. The summed E-state index contributed by atoms with van der Waals surface area (Å²) >= 11 is 3.36. The standard InChI is InChI=1S/C8H14BrN3/c1-3-10-4-7(2)12-6-8(9)5-11-12/h5-7,10H,3-4H2,1-2H3. The lowest BCUT2D eigenvalue weighted by molar-refractivity contribution is 0.459. The highest BCUT2D eigenvalue weighted by molar-refractivity contribution is 9.10. The minimum Gasteiger partial charge on any atom is -0.315 e. The first-order valence-electron chi connectivity index (χ1n) is 4.14. The van der Waals surface area contributed by atoms with E-state index in [1.54, 1.807) is 0 Å². The zero-order valence-corrected chi connectivity index (χ0v) is 9.00. The summed E-state index contributed by atoms with van der Waals surface area (Å²) in [6.07, 6.45) is 3.80. The van der Waals surface area contributed by atoms with Crippen LogP contribution in [0, 0.1) is 0 Å². The molecule has 1 heterocycles. The Hall–Kier alpha value is -0.350. The third kappa shape index (κ3) is 2.60. The normalized spacial score (nSPS) is 13.2. The van der Waals surface area contributed by atoms with Crippen molar-refractivity contribution in [2.24, 2.45) is 0 Å². The number of likely N-dealkylation sites (N-methyl/N-ethyl adjacent to an activating group) is 1. The average molecular weight is 232 g/mol. The summed E-state index contributed by atoms with van der Waals surface area (Å²) in [6.45, 7) is 6.21. The molecule has 1 N–H and O–H groups in total. The third-order valence-electron chi connectivity index (χ3n) is 1.71. The lowest BCUT2D eigenvalue weighted by Gasteiger charge is -2.11. The van der Waals surface area contributed by atoms with Crippen molar-refractivity contribution in [2.75, 3.05) is 13.1 Å². The Morgan fingerprint density at radius 2 is 2.50 bits per heavy atom. The van der Waals surface area contributed by atoms with Gasteiger partial charge in [-0.2, -0.15) is 5.10 Å². The van der Waals surface area contributed by atoms with E-state index in [9.17, 15) is 0 Å². The Balaban J connectivity index is 2.47. The SMILES string of the molecule is CCNCC(C)n1cc(Br)cn1. The van der Waals surface area contributed by atoms with Crippen molar-refractivity contribution in [2.45, 2.75) is 19.9 Å². The highest BCUT2D eigenvalue weighted by atomic mass is 79.9. The molecule has 0 aliphatic carbocycles. The van der Waals surface area contributed by atoms with Gasteiger partial charge in [0.1, 0.15) is 0 Å². The molecule has 68 valence electrons. The Bertz CT molecular complexity index is 234. The van der Waals surface area contributed by atoms with E-state index in [0.29, 0.717) is 6.04 Å². The van der Waals surface area contributed by atoms with Crippen LogP contribution in [0.5, 0.6) is 0 Å². The van der Waals surface area contributed by atoms with Crippen molar-refractivity contribution in [3.8, 4) is 0 Å². The molecule has 0 bridgehead atoms. The third-order valence-corrected chi connectivity index (χ3v) is 2.12. The van der Waals surface area contributed by atoms with Gasteiger partial charge < -0.3 is 5.32 Å². The van der Waals surface area contributed by atoms with Crippen molar-refractivity contribution in [3.63, 3.8) is 0 Å². The molecule has 0 aliphatic heterocycles. The molecule has 0 aliphatic rings. The highest BCUT2D eigenvalue weighted by Gasteiger charge is 2.03. The fourth-order valence-electron chi connectivity index (χ4n) is 1.00. The predicted molar refractivity (Wildman–Crippen MR) is 53.2 cm³/mol. The van der Waals surface area contributed by atoms with Gasteiger partial charge in [-0.05, 0) is 29.4 Å². The zero-order chi connectivity index (χ0) is 8.97. The second-order valence-corrected chi connectivity index (χ2v) is 3.71. The van der Waals surface area contributed by atoms with Gasteiger partial charge in [0, 0.05) is 12.7 Å². The summed E-state index contributed by atoms with van der Waals surface area (Å²) in [5.41, 5.74) is 0. The van der Waals surface area contributed by atoms with Crippen LogP contribution < -0.4 is 5.32 Å². The molecule has 0 saturated carbocycles. The molecular weight excluding hydrogens is 218 g/mol. The van der Waals surface area contributed by atoms with Gasteiger partial charge in [0.15, 0.2) is 0 Å². The fraction of sp³-hybridized carbons (Fsp3) is 0.625. The molecule has 0 aromatic carbocycles. The monoisotopic (exact) mass is 231 g/mol. The van der Waals surface area contributed by atoms with Gasteiger partial charge in [-0.15, -0.1) is 0 Å². The number of rotatable bonds is 4. The van der Waals surface area contributed by atoms with Crippen LogP contribution in [-0.2, 0) is 0 Å². The molecule has 4 heteroatoms. The van der Waals surface area contributed by atoms with E-state index in [0.717, 1.165) is 17.6 Å². The van der Waals surface area contributed by atoms with Crippen LogP contribution in [-0.4, -0.2) is 22.9 Å². The van der Waals surface area contributed by atoms with Gasteiger partial charge in [0.2, 0.25) is 0 Å². The van der Waals surface area contributed by atoms with Gasteiger partial charge in [-0.1, -0.05) is 6.92 Å². The minimum absolute atomic E-state index is 0.413. The van der Waals surface area contributed by atoms with Crippen LogP contribution >= 0.6 is 15.9 Å². The molecule has 3 nitrogen and oxygen atoms in total. The Morgan fingerprint density at radius 1 is 1.75 bits per heavy atom. The van der Waals surface area contributed by atoms with E-state index in [-0.39, 0.29) is 0 Å². The van der Waals surface area contributed by atoms with E-state index < -0.39 is 0 Å². The summed E-state index contributed by atoms with van der Waals surface area (Å²) in [5.74, 6) is 0. The molecule has 0 saturated heterocycles. The smallest absolute Gasteiger partial charge is 0.0632 e. The van der Waals surface area contributed by atoms with Crippen LogP contribution in [0.25, 0.3) is 0 Å². The largest absolute Gasteiger partial charge is 0.315 e. The molecule has 1 rings (SSSR count). The van der Waals surface area contributed by atoms with Crippen LogP contribution in [0.2, 0.25) is 0 Å². The van der Waals surface area contributed by atoms with E-state index in [1.807, 2.05) is 17.1 Å². The van der Waals surface area contributed by atoms with Crippen molar-refractivity contribution < 1.29 is 0 Å². The van der Waals surface area contributed by atoms with Gasteiger partial charge in [0.25, 0.3) is 0 Å². The number of hydrogen-bond donors (Lipinski definition) is 1. The summed E-state index contributed by atoms with van der Waals surface area (Å²) in [6, 6.07) is 0.413. The maximum atomic E-state index is 4.20. The van der Waals surface area contributed by atoms with E-state index in [4.69, 9.17) is 0 Å². The summed E-state index contributed by atoms with van der Waals surface area (Å²) in [7, 11) is 0. The summed E-state index contributed by atoms with van der Waals surface area (Å²) in [5, 5.41) is 7.48. The van der Waals surface area contributed by atoms with E-state index >= 15 is 0 Å². The minimum atomic E-state index is 0.413. The van der Waals surface area contributed by atoms with Gasteiger partial charge >= 0.3 is 0 Å². The van der Waals surface area contributed by atoms with Crippen molar-refractivity contribution in [1.29, 1.82) is 0 Å². The van der Waals surface area contributed by atoms with Gasteiger partial charge in [-0.3, -0.25) is 4.68 Å². The zero-order valence-electron chi connectivity index (χ0n) is 7.42. The molecule has 1 aromatic rings. The molecule has 0 amide bonds. The maximum absolute atomic E-state index is 4.20. The van der Waals surface area contributed by atoms with Crippen LogP contribution in [0.15, 0.2) is 16.9 Å². The number of hydrogen-bond acceptors (Lipinski definition) is 2. The Kier molecular flexibility index (Phi) is 3.75. The summed E-state index contributed by atoms with van der Waals surface area (Å²) in [4.78, 5) is 0. The number of aromatic nitrogens is 2. The lowest BCUT2D eigenvalue weighted by atomic mass is 10.3. The summed E-state index contributed by atoms with van der Waals surface area (Å²) < 4.78 is 2.98. The first-order chi connectivity index (χ1) is 5.74. The molecular formula is C8H14BrN3. The van der Waals surface area contributed by atoms with Crippen molar-refractivity contribution >= 4 is 15.9 Å². The average Bonchev–Trinajstić information content (AvgIpc) is 2.47. The fourth-order valence-corrected chi connectivity index (χ4v) is 1.30. The van der Waals surface area contributed by atoms with E-state index in [1.165, 1.54) is 0 Å². The van der Waals surface area contributed by atoms with Gasteiger partial charge in [-0.25, -0.2) is 0 Å². The first-order valence-corrected chi connectivity index (χ1v) is 4.93. The second-order valence-electron chi connectivity index (χ2n) is 2.80. The molecule has 0 fully saturated rings. The van der Waals surface area contributed by atoms with Gasteiger partial charge in [0.05, 0.1) is 16.7 Å². The lowest BCUT2D eigenvalue weighted by Crippen LogP contribution is -2.23. The second kappa shape index (κ2) is 4.62. The van der Waals surface area contributed by atoms with Crippen LogP contribution in [0.4, 0.5) is 0 Å². The van der Waals surface area contributed by atoms with Crippen molar-refractivity contribution in [1.82, 2.24) is 15.1 Å². The van der Waals surface area contributed by atoms with Crippen molar-refractivity contribution in [3.05, 3.63) is 16.9 Å². The molecule has 1 aromatic heterocycles. The number of halogens is 1. The molecule has 0 radical (unpaired) electrons. The maximum Gasteiger partial charge on any atom is 0.0632 e. The Labute approximate surface area is 81.3 Å². The first kappa shape index (κ1) is 9.74. The molecule has 1 unspecified atom stereocenters. The Morgan fingerprint density at radius 3 is 3.00 bits per heavy atom. The number of nitrogens with zero attached hydrogens (tertiary/aromatic N) is 2. The molecule has 0 spiro atoms. The predicted octanol–water partition coefficient (Wildman–Crippen LogP) is 1.82. The quantitative estimate of drug-likeness (QED) is 0.858. The van der Waals surface area contributed by atoms with Crippen LogP contribution in [0.3, 0.4) is 0 Å². The van der Waals surface area contributed by atoms with E-state index in [2.05, 4.69) is 40.2 Å². The molecule has 12 heavy (non-hydrogen) atoms. The number of nitrogens with one attached hydrogen (secondary N) is 1. The topological polar surface area (TPSA) is 29.9 Å².